The topological polar surface area (TPSA) is 62.7 Å². The highest BCUT2D eigenvalue weighted by Crippen LogP contribution is 2.30. The molecule has 0 N–H and O–H groups in total. The molecule has 2 fully saturated rings. The minimum absolute atomic E-state index is 0.0983. The Bertz CT molecular complexity index is 1300. The Morgan fingerprint density at radius 3 is 2.19 bits per heavy atom. The normalized spacial score (nSPS) is 19.5. The first-order valence-electron chi connectivity index (χ1n) is 12.1. The third-order valence-corrected chi connectivity index (χ3v) is 9.02. The highest BCUT2D eigenvalue weighted by Gasteiger charge is 2.34. The van der Waals surface area contributed by atoms with Crippen LogP contribution in [0.3, 0.4) is 0 Å². The lowest BCUT2D eigenvalue weighted by molar-refractivity contribution is -0.137. The Morgan fingerprint density at radius 1 is 0.861 bits per heavy atom. The van der Waals surface area contributed by atoms with Crippen LogP contribution in [0.15, 0.2) is 65.7 Å². The summed E-state index contributed by atoms with van der Waals surface area (Å²) in [4.78, 5) is 6.51. The minimum atomic E-state index is -4.42. The third kappa shape index (κ3) is 5.35. The van der Waals surface area contributed by atoms with Crippen LogP contribution in [0.4, 0.5) is 13.2 Å². The van der Waals surface area contributed by atoms with Crippen LogP contribution in [-0.4, -0.2) is 60.9 Å². The van der Waals surface area contributed by atoms with E-state index in [1.165, 1.54) is 6.07 Å². The number of alkyl halides is 3. The molecule has 0 radical (unpaired) electrons. The van der Waals surface area contributed by atoms with Crippen molar-refractivity contribution < 1.29 is 26.3 Å². The Morgan fingerprint density at radius 2 is 1.56 bits per heavy atom. The molecule has 0 spiro atoms. The molecule has 192 valence electrons. The summed E-state index contributed by atoms with van der Waals surface area (Å²) in [6.45, 7) is 2.55. The molecular formula is C26H28F3N3O3S. The fourth-order valence-electron chi connectivity index (χ4n) is 5.07. The average molecular weight is 520 g/mol. The first kappa shape index (κ1) is 25.0. The molecule has 3 aromatic rings. The lowest BCUT2D eigenvalue weighted by Gasteiger charge is -2.41. The van der Waals surface area contributed by atoms with Crippen molar-refractivity contribution in [2.45, 2.75) is 48.9 Å². The summed E-state index contributed by atoms with van der Waals surface area (Å²) < 4.78 is 72.0. The maximum absolute atomic E-state index is 13.2. The van der Waals surface area contributed by atoms with Crippen molar-refractivity contribution in [2.75, 3.05) is 26.2 Å². The Hall–Kier alpha value is -2.69. The van der Waals surface area contributed by atoms with Gasteiger partial charge in [0.2, 0.25) is 15.9 Å². The van der Waals surface area contributed by atoms with Gasteiger partial charge in [-0.1, -0.05) is 30.3 Å². The van der Waals surface area contributed by atoms with E-state index in [0.29, 0.717) is 24.0 Å². The van der Waals surface area contributed by atoms with E-state index in [9.17, 15) is 21.6 Å². The summed E-state index contributed by atoms with van der Waals surface area (Å²) in [7, 11) is -3.55. The second-order valence-corrected chi connectivity index (χ2v) is 11.3. The van der Waals surface area contributed by atoms with Crippen molar-refractivity contribution in [1.29, 1.82) is 0 Å². The second-order valence-electron chi connectivity index (χ2n) is 9.38. The molecule has 1 aromatic heterocycles. The van der Waals surface area contributed by atoms with E-state index in [0.717, 1.165) is 61.8 Å². The van der Waals surface area contributed by atoms with Crippen molar-refractivity contribution in [3.63, 3.8) is 0 Å². The fraction of sp³-hybridized carbons (Fsp3) is 0.423. The van der Waals surface area contributed by atoms with Gasteiger partial charge < -0.3 is 9.64 Å². The van der Waals surface area contributed by atoms with Crippen molar-refractivity contribution in [2.24, 2.45) is 0 Å². The largest absolute Gasteiger partial charge is 0.474 e. The smallest absolute Gasteiger partial charge is 0.417 e. The van der Waals surface area contributed by atoms with Crippen LogP contribution in [0.2, 0.25) is 0 Å². The lowest BCUT2D eigenvalue weighted by atomic mass is 10.00. The SMILES string of the molecule is O=S(=O)(c1ccc2ccccc2c1)N1CCC(N2CCC(Oc3ccc(C(F)(F)F)cn3)CC2)CC1. The van der Waals surface area contributed by atoms with Gasteiger partial charge in [0.15, 0.2) is 0 Å². The number of piperidine rings is 2. The molecule has 0 amide bonds. The number of fused-ring (bicyclic) bond motifs is 1. The quantitative estimate of drug-likeness (QED) is 0.477. The number of likely N-dealkylation sites (tertiary alicyclic amines) is 1. The predicted molar refractivity (Wildman–Crippen MR) is 130 cm³/mol. The zero-order valence-corrected chi connectivity index (χ0v) is 20.5. The standard InChI is InChI=1S/C26H28F3N3O3S/c27-26(28,29)21-6-8-25(30-18-21)35-23-11-13-31(14-12-23)22-9-15-32(16-10-22)36(33,34)24-7-5-19-3-1-2-4-20(19)17-24/h1-8,17-18,22-23H,9-16H2. The number of halogens is 3. The number of sulfonamides is 1. The predicted octanol–water partition coefficient (Wildman–Crippen LogP) is 4.95. The molecule has 10 heteroatoms. The van der Waals surface area contributed by atoms with Crippen LogP contribution in [-0.2, 0) is 16.2 Å². The van der Waals surface area contributed by atoms with Crippen LogP contribution in [0, 0.1) is 0 Å². The van der Waals surface area contributed by atoms with Crippen molar-refractivity contribution in [3.05, 3.63) is 66.4 Å². The highest BCUT2D eigenvalue weighted by molar-refractivity contribution is 7.89. The summed E-state index contributed by atoms with van der Waals surface area (Å²) >= 11 is 0. The molecule has 2 saturated heterocycles. The number of ether oxygens (including phenoxy) is 1. The summed E-state index contributed by atoms with van der Waals surface area (Å²) in [5, 5.41) is 1.92. The van der Waals surface area contributed by atoms with Crippen LogP contribution in [0.25, 0.3) is 10.8 Å². The molecule has 0 bridgehead atoms. The number of rotatable bonds is 5. The van der Waals surface area contributed by atoms with E-state index >= 15 is 0 Å². The molecule has 0 saturated carbocycles. The van der Waals surface area contributed by atoms with E-state index in [2.05, 4.69) is 9.88 Å². The number of hydrogen-bond donors (Lipinski definition) is 0. The summed E-state index contributed by atoms with van der Waals surface area (Å²) in [6, 6.07) is 15.5. The molecule has 2 aliphatic rings. The van der Waals surface area contributed by atoms with Gasteiger partial charge in [0, 0.05) is 44.5 Å². The molecule has 2 aliphatic heterocycles. The molecule has 0 atom stereocenters. The first-order valence-corrected chi connectivity index (χ1v) is 13.6. The van der Waals surface area contributed by atoms with Crippen LogP contribution in [0.1, 0.15) is 31.2 Å². The van der Waals surface area contributed by atoms with Gasteiger partial charge in [-0.3, -0.25) is 0 Å². The average Bonchev–Trinajstić information content (AvgIpc) is 2.89. The molecule has 2 aromatic carbocycles. The third-order valence-electron chi connectivity index (χ3n) is 7.13. The van der Waals surface area contributed by atoms with Crippen molar-refractivity contribution >= 4 is 20.8 Å². The Labute approximate surface area is 208 Å². The van der Waals surface area contributed by atoms with Gasteiger partial charge in [-0.2, -0.15) is 17.5 Å². The van der Waals surface area contributed by atoms with Crippen LogP contribution >= 0.6 is 0 Å². The minimum Gasteiger partial charge on any atom is -0.474 e. The van der Waals surface area contributed by atoms with E-state index in [1.807, 2.05) is 30.3 Å². The highest BCUT2D eigenvalue weighted by atomic mass is 32.2. The van der Waals surface area contributed by atoms with Gasteiger partial charge in [-0.25, -0.2) is 13.4 Å². The summed E-state index contributed by atoms with van der Waals surface area (Å²) in [5.74, 6) is 0.202. The maximum atomic E-state index is 13.2. The van der Waals surface area contributed by atoms with Crippen molar-refractivity contribution in [3.8, 4) is 5.88 Å². The second kappa shape index (κ2) is 9.99. The van der Waals surface area contributed by atoms with Gasteiger partial charge >= 0.3 is 6.18 Å². The van der Waals surface area contributed by atoms with Crippen molar-refractivity contribution in [1.82, 2.24) is 14.2 Å². The van der Waals surface area contributed by atoms with Gasteiger partial charge in [0.05, 0.1) is 10.5 Å². The Balaban J connectivity index is 1.12. The number of hydrogen-bond acceptors (Lipinski definition) is 5. The molecule has 0 unspecified atom stereocenters. The fourth-order valence-corrected chi connectivity index (χ4v) is 6.58. The summed E-state index contributed by atoms with van der Waals surface area (Å²) in [5.41, 5.74) is -0.793. The number of pyridine rings is 1. The van der Waals surface area contributed by atoms with Gasteiger partial charge in [-0.15, -0.1) is 0 Å². The molecule has 0 aliphatic carbocycles. The van der Waals surface area contributed by atoms with Gasteiger partial charge in [-0.05, 0) is 54.7 Å². The molecule has 6 nitrogen and oxygen atoms in total. The van der Waals surface area contributed by atoms with E-state index in [4.69, 9.17) is 4.74 Å². The van der Waals surface area contributed by atoms with Crippen LogP contribution in [0.5, 0.6) is 5.88 Å². The Kier molecular flexibility index (Phi) is 6.93. The molecule has 3 heterocycles. The van der Waals surface area contributed by atoms with Gasteiger partial charge in [0.25, 0.3) is 0 Å². The lowest BCUT2D eigenvalue weighted by Crippen LogP contribution is -2.50. The van der Waals surface area contributed by atoms with E-state index < -0.39 is 21.8 Å². The number of nitrogens with zero attached hydrogens (tertiary/aromatic N) is 3. The van der Waals surface area contributed by atoms with E-state index in [1.54, 1.807) is 16.4 Å². The number of aromatic nitrogens is 1. The molecule has 5 rings (SSSR count). The molecular weight excluding hydrogens is 491 g/mol. The van der Waals surface area contributed by atoms with Crippen LogP contribution < -0.4 is 4.74 Å². The maximum Gasteiger partial charge on any atom is 0.417 e. The summed E-state index contributed by atoms with van der Waals surface area (Å²) in [6.07, 6.45) is -0.696. The zero-order chi connectivity index (χ0) is 25.3. The number of benzene rings is 2. The van der Waals surface area contributed by atoms with E-state index in [-0.39, 0.29) is 12.0 Å². The first-order chi connectivity index (χ1) is 17.2. The zero-order valence-electron chi connectivity index (χ0n) is 19.7. The molecule has 36 heavy (non-hydrogen) atoms. The van der Waals surface area contributed by atoms with Gasteiger partial charge in [0.1, 0.15) is 6.10 Å². The monoisotopic (exact) mass is 519 g/mol.